The number of nitrogens with two attached hydrogens (primary N) is 1. The molecule has 0 radical (unpaired) electrons. The number of ether oxygens (including phenoxy) is 3. The zero-order chi connectivity index (χ0) is 24.9. The maximum Gasteiger partial charge on any atom is 0.273 e. The van der Waals surface area contributed by atoms with Gasteiger partial charge in [0.1, 0.15) is 28.8 Å². The Hall–Kier alpha value is -3.92. The van der Waals surface area contributed by atoms with Gasteiger partial charge in [0.15, 0.2) is 0 Å². The van der Waals surface area contributed by atoms with Gasteiger partial charge in [-0.05, 0) is 17.7 Å². The zero-order valence-electron chi connectivity index (χ0n) is 19.9. The van der Waals surface area contributed by atoms with Gasteiger partial charge in [0.2, 0.25) is 0 Å². The molecule has 184 valence electrons. The molecule has 1 amide bonds. The standard InChI is InChI=1S/C25H28FN5O4/c1-33-15-18-14-30(21-13-29-24(27)11-23(21)35-3)8-9-31(18)25(32)20-10-22(34-2)19(12-28-20)16-4-6-17(26)7-5-16/h4-7,10-13,18H,8-9,14-15H2,1-3H3,(H2,27,29). The molecule has 0 aliphatic carbocycles. The number of aromatic nitrogens is 2. The molecule has 2 aromatic heterocycles. The molecule has 0 saturated carbocycles. The van der Waals surface area contributed by atoms with E-state index in [2.05, 4.69) is 14.9 Å². The summed E-state index contributed by atoms with van der Waals surface area (Å²) in [6, 6.07) is 9.09. The average Bonchev–Trinajstić information content (AvgIpc) is 2.88. The fourth-order valence-electron chi connectivity index (χ4n) is 4.24. The minimum absolute atomic E-state index is 0.224. The van der Waals surface area contributed by atoms with E-state index in [1.807, 2.05) is 0 Å². The van der Waals surface area contributed by atoms with Crippen LogP contribution in [0.4, 0.5) is 15.9 Å². The van der Waals surface area contributed by atoms with E-state index in [4.69, 9.17) is 19.9 Å². The lowest BCUT2D eigenvalue weighted by molar-refractivity contribution is 0.0494. The van der Waals surface area contributed by atoms with E-state index < -0.39 is 0 Å². The van der Waals surface area contributed by atoms with Gasteiger partial charge in [-0.1, -0.05) is 12.1 Å². The molecule has 1 unspecified atom stereocenters. The van der Waals surface area contributed by atoms with Crippen molar-refractivity contribution in [3.05, 3.63) is 60.3 Å². The Morgan fingerprint density at radius 2 is 1.80 bits per heavy atom. The maximum atomic E-state index is 13.5. The van der Waals surface area contributed by atoms with Gasteiger partial charge in [-0.3, -0.25) is 9.78 Å². The van der Waals surface area contributed by atoms with E-state index in [0.29, 0.717) is 49.1 Å². The van der Waals surface area contributed by atoms with Crippen LogP contribution in [0.3, 0.4) is 0 Å². The zero-order valence-corrected chi connectivity index (χ0v) is 19.9. The average molecular weight is 482 g/mol. The van der Waals surface area contributed by atoms with Gasteiger partial charge in [-0.25, -0.2) is 9.37 Å². The third kappa shape index (κ3) is 5.12. The summed E-state index contributed by atoms with van der Waals surface area (Å²) < 4.78 is 29.8. The second kappa shape index (κ2) is 10.6. The van der Waals surface area contributed by atoms with Crippen LogP contribution in [0.2, 0.25) is 0 Å². The normalized spacial score (nSPS) is 15.7. The maximum absolute atomic E-state index is 13.5. The first kappa shape index (κ1) is 24.2. The SMILES string of the molecule is COCC1CN(c2cnc(N)cc2OC)CCN1C(=O)c1cc(OC)c(-c2ccc(F)cc2)cn1. The number of carbonyl (C=O) groups excluding carboxylic acids is 1. The van der Waals surface area contributed by atoms with Crippen LogP contribution in [0.5, 0.6) is 11.5 Å². The molecule has 1 saturated heterocycles. The Balaban J connectivity index is 1.57. The number of nitrogens with zero attached hydrogens (tertiary/aromatic N) is 4. The van der Waals surface area contributed by atoms with Crippen molar-refractivity contribution in [3.8, 4) is 22.6 Å². The number of piperazine rings is 1. The lowest BCUT2D eigenvalue weighted by atomic mass is 10.1. The summed E-state index contributed by atoms with van der Waals surface area (Å²) in [5.74, 6) is 0.920. The van der Waals surface area contributed by atoms with Crippen LogP contribution >= 0.6 is 0 Å². The van der Waals surface area contributed by atoms with E-state index in [0.717, 1.165) is 11.3 Å². The molecule has 35 heavy (non-hydrogen) atoms. The Bertz CT molecular complexity index is 1190. The summed E-state index contributed by atoms with van der Waals surface area (Å²) in [4.78, 5) is 25.9. The predicted molar refractivity (Wildman–Crippen MR) is 130 cm³/mol. The Kier molecular flexibility index (Phi) is 7.31. The molecular weight excluding hydrogens is 453 g/mol. The lowest BCUT2D eigenvalue weighted by Crippen LogP contribution is -2.57. The minimum Gasteiger partial charge on any atom is -0.496 e. The number of anilines is 2. The van der Waals surface area contributed by atoms with Gasteiger partial charge in [0, 0.05) is 50.6 Å². The molecule has 9 nitrogen and oxygen atoms in total. The number of halogens is 1. The van der Waals surface area contributed by atoms with Crippen molar-refractivity contribution in [2.24, 2.45) is 0 Å². The topological polar surface area (TPSA) is 103 Å². The monoisotopic (exact) mass is 481 g/mol. The lowest BCUT2D eigenvalue weighted by Gasteiger charge is -2.42. The summed E-state index contributed by atoms with van der Waals surface area (Å²) in [5, 5.41) is 0. The van der Waals surface area contributed by atoms with Crippen LogP contribution in [-0.2, 0) is 4.74 Å². The summed E-state index contributed by atoms with van der Waals surface area (Å²) in [6.45, 7) is 1.88. The summed E-state index contributed by atoms with van der Waals surface area (Å²) in [5.41, 5.74) is 8.27. The second-order valence-electron chi connectivity index (χ2n) is 8.11. The molecule has 3 heterocycles. The molecule has 1 aliphatic heterocycles. The van der Waals surface area contributed by atoms with E-state index in [-0.39, 0.29) is 23.5 Å². The number of pyridine rings is 2. The van der Waals surface area contributed by atoms with Gasteiger partial charge in [-0.15, -0.1) is 0 Å². The van der Waals surface area contributed by atoms with Crippen LogP contribution < -0.4 is 20.1 Å². The highest BCUT2D eigenvalue weighted by Crippen LogP contribution is 2.32. The molecule has 1 fully saturated rings. The fourth-order valence-corrected chi connectivity index (χ4v) is 4.24. The largest absolute Gasteiger partial charge is 0.496 e. The van der Waals surface area contributed by atoms with Gasteiger partial charge in [-0.2, -0.15) is 0 Å². The quantitative estimate of drug-likeness (QED) is 0.550. The Labute approximate surface area is 203 Å². The highest BCUT2D eigenvalue weighted by molar-refractivity contribution is 5.94. The van der Waals surface area contributed by atoms with Crippen LogP contribution in [0.1, 0.15) is 10.5 Å². The van der Waals surface area contributed by atoms with E-state index in [9.17, 15) is 9.18 Å². The van der Waals surface area contributed by atoms with Crippen molar-refractivity contribution in [3.63, 3.8) is 0 Å². The summed E-state index contributed by atoms with van der Waals surface area (Å²) in [6.07, 6.45) is 3.25. The number of rotatable bonds is 7. The van der Waals surface area contributed by atoms with Crippen LogP contribution in [0.15, 0.2) is 48.8 Å². The number of methoxy groups -OCH3 is 3. The molecule has 2 N–H and O–H groups in total. The number of carbonyl (C=O) groups is 1. The summed E-state index contributed by atoms with van der Waals surface area (Å²) in [7, 11) is 4.71. The van der Waals surface area contributed by atoms with Crippen molar-refractivity contribution in [1.82, 2.24) is 14.9 Å². The minimum atomic E-state index is -0.330. The third-order valence-electron chi connectivity index (χ3n) is 5.99. The molecule has 1 aliphatic rings. The van der Waals surface area contributed by atoms with Crippen molar-refractivity contribution in [2.45, 2.75) is 6.04 Å². The van der Waals surface area contributed by atoms with Crippen molar-refractivity contribution >= 4 is 17.4 Å². The van der Waals surface area contributed by atoms with Crippen molar-refractivity contribution in [1.29, 1.82) is 0 Å². The van der Waals surface area contributed by atoms with Crippen LogP contribution in [-0.4, -0.2) is 74.4 Å². The third-order valence-corrected chi connectivity index (χ3v) is 5.99. The molecule has 1 aromatic carbocycles. The van der Waals surface area contributed by atoms with Gasteiger partial charge < -0.3 is 29.7 Å². The van der Waals surface area contributed by atoms with Gasteiger partial charge >= 0.3 is 0 Å². The van der Waals surface area contributed by atoms with E-state index in [1.54, 1.807) is 55.8 Å². The fraction of sp³-hybridized carbons (Fsp3) is 0.320. The van der Waals surface area contributed by atoms with Gasteiger partial charge in [0.05, 0.1) is 38.8 Å². The molecule has 0 bridgehead atoms. The molecule has 10 heteroatoms. The van der Waals surface area contributed by atoms with Crippen molar-refractivity contribution in [2.75, 3.05) is 58.2 Å². The molecule has 0 spiro atoms. The summed E-state index contributed by atoms with van der Waals surface area (Å²) >= 11 is 0. The molecule has 3 aromatic rings. The molecular formula is C25H28FN5O4. The first-order valence-electron chi connectivity index (χ1n) is 11.1. The highest BCUT2D eigenvalue weighted by atomic mass is 19.1. The van der Waals surface area contributed by atoms with Gasteiger partial charge in [0.25, 0.3) is 5.91 Å². The number of hydrogen-bond donors (Lipinski definition) is 1. The first-order valence-corrected chi connectivity index (χ1v) is 11.1. The van der Waals surface area contributed by atoms with Crippen LogP contribution in [0.25, 0.3) is 11.1 Å². The van der Waals surface area contributed by atoms with Crippen LogP contribution in [0, 0.1) is 5.82 Å². The Morgan fingerprint density at radius 3 is 2.49 bits per heavy atom. The number of amides is 1. The predicted octanol–water partition coefficient (Wildman–Crippen LogP) is 2.86. The first-order chi connectivity index (χ1) is 16.9. The number of hydrogen-bond acceptors (Lipinski definition) is 8. The van der Waals surface area contributed by atoms with E-state index in [1.165, 1.54) is 19.2 Å². The number of benzene rings is 1. The molecule has 4 rings (SSSR count). The second-order valence-corrected chi connectivity index (χ2v) is 8.11. The van der Waals surface area contributed by atoms with E-state index >= 15 is 0 Å². The smallest absolute Gasteiger partial charge is 0.273 e. The highest BCUT2D eigenvalue weighted by Gasteiger charge is 2.33. The molecule has 1 atom stereocenters. The number of nitrogen functional groups attached to an aromatic ring is 1. The Morgan fingerprint density at radius 1 is 1.06 bits per heavy atom. The van der Waals surface area contributed by atoms with Crippen molar-refractivity contribution < 1.29 is 23.4 Å².